The first-order valence-electron chi connectivity index (χ1n) is 6.18. The summed E-state index contributed by atoms with van der Waals surface area (Å²) in [6.45, 7) is 0. The summed E-state index contributed by atoms with van der Waals surface area (Å²) in [5, 5.41) is 2.79. The van der Waals surface area contributed by atoms with Crippen LogP contribution in [0.4, 0.5) is 5.69 Å². The van der Waals surface area contributed by atoms with Gasteiger partial charge in [-0.25, -0.2) is 8.42 Å². The van der Waals surface area contributed by atoms with Gasteiger partial charge in [0, 0.05) is 16.3 Å². The number of hydrogen-bond donors (Lipinski definition) is 1. The third-order valence-electron chi connectivity index (χ3n) is 2.77. The van der Waals surface area contributed by atoms with Crippen LogP contribution < -0.4 is 5.32 Å². The summed E-state index contributed by atoms with van der Waals surface area (Å²) in [4.78, 5) is 12.1. The van der Waals surface area contributed by atoms with Gasteiger partial charge >= 0.3 is 0 Å². The number of halogens is 1. The lowest BCUT2D eigenvalue weighted by Gasteiger charge is -2.07. The average Bonchev–Trinajstić information content (AvgIpc) is 2.40. The molecule has 2 rings (SSSR count). The molecule has 0 bridgehead atoms. The molecule has 0 saturated heterocycles. The van der Waals surface area contributed by atoms with E-state index in [4.69, 9.17) is 0 Å². The Bertz CT molecular complexity index is 755. The fourth-order valence-electron chi connectivity index (χ4n) is 1.81. The largest absolute Gasteiger partial charge is 0.321 e. The summed E-state index contributed by atoms with van der Waals surface area (Å²) < 4.78 is 23.2. The lowest BCUT2D eigenvalue weighted by Crippen LogP contribution is -2.12. The fraction of sp³-hybridized carbons (Fsp3) is 0.133. The lowest BCUT2D eigenvalue weighted by atomic mass is 10.1. The van der Waals surface area contributed by atoms with Crippen LogP contribution in [0.1, 0.15) is 15.9 Å². The summed E-state index contributed by atoms with van der Waals surface area (Å²) >= 11 is 3.36. The molecular weight excluding hydrogens is 354 g/mol. The summed E-state index contributed by atoms with van der Waals surface area (Å²) in [7, 11) is -3.07. The SMILES string of the molecule is CS(=O)(=O)Cc1ccc(C(=O)Nc2ccccc2Br)cc1. The van der Waals surface area contributed by atoms with Crippen molar-refractivity contribution in [3.05, 3.63) is 64.1 Å². The molecule has 0 saturated carbocycles. The number of hydrogen-bond acceptors (Lipinski definition) is 3. The highest BCUT2D eigenvalue weighted by Gasteiger charge is 2.09. The van der Waals surface area contributed by atoms with Gasteiger partial charge < -0.3 is 5.32 Å². The number of para-hydroxylation sites is 1. The van der Waals surface area contributed by atoms with Crippen molar-refractivity contribution >= 4 is 37.4 Å². The van der Waals surface area contributed by atoms with Crippen LogP contribution in [0, 0.1) is 0 Å². The van der Waals surface area contributed by atoms with Crippen molar-refractivity contribution < 1.29 is 13.2 Å². The van der Waals surface area contributed by atoms with Crippen molar-refractivity contribution in [2.75, 3.05) is 11.6 Å². The van der Waals surface area contributed by atoms with E-state index in [-0.39, 0.29) is 11.7 Å². The zero-order valence-corrected chi connectivity index (χ0v) is 13.7. The molecule has 0 radical (unpaired) electrons. The Kier molecular flexibility index (Phi) is 4.80. The van der Waals surface area contributed by atoms with E-state index in [2.05, 4.69) is 21.2 Å². The minimum absolute atomic E-state index is 0.0286. The third-order valence-corrected chi connectivity index (χ3v) is 4.32. The molecule has 0 aromatic heterocycles. The highest BCUT2D eigenvalue weighted by atomic mass is 79.9. The maximum absolute atomic E-state index is 12.1. The zero-order chi connectivity index (χ0) is 15.5. The smallest absolute Gasteiger partial charge is 0.255 e. The number of rotatable bonds is 4. The minimum Gasteiger partial charge on any atom is -0.321 e. The summed E-state index contributed by atoms with van der Waals surface area (Å²) in [6, 6.07) is 13.9. The number of carbonyl (C=O) groups is 1. The van der Waals surface area contributed by atoms with Crippen LogP contribution in [-0.2, 0) is 15.6 Å². The minimum atomic E-state index is -3.07. The summed E-state index contributed by atoms with van der Waals surface area (Å²) in [5.41, 5.74) is 1.82. The Labute approximate surface area is 132 Å². The van der Waals surface area contributed by atoms with Gasteiger partial charge in [0.2, 0.25) is 0 Å². The number of carbonyl (C=O) groups excluding carboxylic acids is 1. The van der Waals surface area contributed by atoms with Gasteiger partial charge in [-0.2, -0.15) is 0 Å². The van der Waals surface area contributed by atoms with Gasteiger partial charge in [-0.05, 0) is 45.8 Å². The molecule has 0 spiro atoms. The van der Waals surface area contributed by atoms with E-state index < -0.39 is 9.84 Å². The number of sulfone groups is 1. The van der Waals surface area contributed by atoms with Crippen LogP contribution in [0.25, 0.3) is 0 Å². The van der Waals surface area contributed by atoms with Crippen molar-refractivity contribution in [3.8, 4) is 0 Å². The molecule has 0 aliphatic carbocycles. The van der Waals surface area contributed by atoms with Crippen LogP contribution in [0.3, 0.4) is 0 Å². The maximum atomic E-state index is 12.1. The van der Waals surface area contributed by atoms with Crippen molar-refractivity contribution in [1.82, 2.24) is 0 Å². The molecule has 0 unspecified atom stereocenters. The molecule has 110 valence electrons. The van der Waals surface area contributed by atoms with E-state index in [9.17, 15) is 13.2 Å². The molecule has 2 aromatic carbocycles. The Morgan fingerprint density at radius 2 is 1.71 bits per heavy atom. The number of nitrogens with one attached hydrogen (secondary N) is 1. The van der Waals surface area contributed by atoms with Gasteiger partial charge in [-0.3, -0.25) is 4.79 Å². The second-order valence-corrected chi connectivity index (χ2v) is 7.70. The fourth-order valence-corrected chi connectivity index (χ4v) is 2.99. The molecule has 6 heteroatoms. The number of anilines is 1. The monoisotopic (exact) mass is 367 g/mol. The molecule has 0 fully saturated rings. The van der Waals surface area contributed by atoms with Gasteiger partial charge in [0.25, 0.3) is 5.91 Å². The van der Waals surface area contributed by atoms with E-state index in [1.54, 1.807) is 30.3 Å². The van der Waals surface area contributed by atoms with Crippen LogP contribution >= 0.6 is 15.9 Å². The third kappa shape index (κ3) is 4.68. The predicted octanol–water partition coefficient (Wildman–Crippen LogP) is 3.25. The van der Waals surface area contributed by atoms with E-state index >= 15 is 0 Å². The van der Waals surface area contributed by atoms with Crippen molar-refractivity contribution in [3.63, 3.8) is 0 Å². The van der Waals surface area contributed by atoms with Crippen LogP contribution in [0.2, 0.25) is 0 Å². The van der Waals surface area contributed by atoms with Crippen LogP contribution in [-0.4, -0.2) is 20.6 Å². The van der Waals surface area contributed by atoms with Crippen LogP contribution in [0.5, 0.6) is 0 Å². The van der Waals surface area contributed by atoms with Gasteiger partial charge in [-0.15, -0.1) is 0 Å². The Balaban J connectivity index is 2.12. The Morgan fingerprint density at radius 1 is 1.10 bits per heavy atom. The maximum Gasteiger partial charge on any atom is 0.255 e. The van der Waals surface area contributed by atoms with Gasteiger partial charge in [0.1, 0.15) is 0 Å². The molecule has 0 aliphatic rings. The van der Waals surface area contributed by atoms with Crippen molar-refractivity contribution in [1.29, 1.82) is 0 Å². The number of amides is 1. The first kappa shape index (κ1) is 15.7. The first-order valence-corrected chi connectivity index (χ1v) is 9.03. The van der Waals surface area contributed by atoms with E-state index in [1.165, 1.54) is 6.26 Å². The van der Waals surface area contributed by atoms with Gasteiger partial charge in [-0.1, -0.05) is 24.3 Å². The molecule has 0 heterocycles. The van der Waals surface area contributed by atoms with E-state index in [1.807, 2.05) is 18.2 Å². The summed E-state index contributed by atoms with van der Waals surface area (Å²) in [6.07, 6.45) is 1.18. The van der Waals surface area contributed by atoms with E-state index in [0.29, 0.717) is 16.8 Å². The standard InChI is InChI=1S/C15H14BrNO3S/c1-21(19,20)10-11-6-8-12(9-7-11)15(18)17-14-5-3-2-4-13(14)16/h2-9H,10H2,1H3,(H,17,18). The molecule has 1 amide bonds. The zero-order valence-electron chi connectivity index (χ0n) is 11.3. The molecule has 4 nitrogen and oxygen atoms in total. The van der Waals surface area contributed by atoms with Gasteiger partial charge in [0.05, 0.1) is 11.4 Å². The normalized spacial score (nSPS) is 11.1. The molecule has 21 heavy (non-hydrogen) atoms. The second kappa shape index (κ2) is 6.41. The quantitative estimate of drug-likeness (QED) is 0.901. The molecule has 0 aliphatic heterocycles. The topological polar surface area (TPSA) is 63.2 Å². The predicted molar refractivity (Wildman–Crippen MR) is 87.1 cm³/mol. The highest BCUT2D eigenvalue weighted by molar-refractivity contribution is 9.10. The van der Waals surface area contributed by atoms with Crippen LogP contribution in [0.15, 0.2) is 53.0 Å². The Hall–Kier alpha value is -1.66. The highest BCUT2D eigenvalue weighted by Crippen LogP contribution is 2.22. The lowest BCUT2D eigenvalue weighted by molar-refractivity contribution is 0.102. The molecular formula is C15H14BrNO3S. The average molecular weight is 368 g/mol. The molecule has 2 aromatic rings. The van der Waals surface area contributed by atoms with Crippen molar-refractivity contribution in [2.24, 2.45) is 0 Å². The molecule has 0 atom stereocenters. The Morgan fingerprint density at radius 3 is 2.29 bits per heavy atom. The second-order valence-electron chi connectivity index (χ2n) is 4.70. The van der Waals surface area contributed by atoms with Crippen molar-refractivity contribution in [2.45, 2.75) is 5.75 Å². The van der Waals surface area contributed by atoms with Gasteiger partial charge in [0.15, 0.2) is 9.84 Å². The molecule has 1 N–H and O–H groups in total. The van der Waals surface area contributed by atoms with E-state index in [0.717, 1.165) is 4.47 Å². The number of benzene rings is 2. The summed E-state index contributed by atoms with van der Waals surface area (Å²) in [5.74, 6) is -0.271. The first-order chi connectivity index (χ1) is 9.85.